The van der Waals surface area contributed by atoms with Crippen molar-refractivity contribution in [1.29, 1.82) is 5.26 Å². The first-order valence-electron chi connectivity index (χ1n) is 10.6. The molecule has 34 heavy (non-hydrogen) atoms. The molecule has 170 valence electrons. The highest BCUT2D eigenvalue weighted by atomic mass is 35.5. The van der Waals surface area contributed by atoms with Crippen LogP contribution in [0, 0.1) is 11.3 Å². The minimum absolute atomic E-state index is 0.118. The van der Waals surface area contributed by atoms with Gasteiger partial charge in [-0.3, -0.25) is 14.3 Å². The molecule has 1 N–H and O–H groups in total. The van der Waals surface area contributed by atoms with Crippen molar-refractivity contribution in [2.75, 3.05) is 11.1 Å². The van der Waals surface area contributed by atoms with Gasteiger partial charge in [0.1, 0.15) is 6.07 Å². The van der Waals surface area contributed by atoms with E-state index in [1.54, 1.807) is 30.6 Å². The summed E-state index contributed by atoms with van der Waals surface area (Å²) in [5.41, 5.74) is 3.82. The highest BCUT2D eigenvalue weighted by molar-refractivity contribution is 7.99. The minimum atomic E-state index is -0.222. The van der Waals surface area contributed by atoms with Crippen LogP contribution in [0.3, 0.4) is 0 Å². The standard InChI is InChI=1S/C25H21ClN6OS/c1-16(2)20-7-3-4-8-22(20)32-24(18-6-5-11-28-14-18)30-31-25(32)34-15-23(33)29-19-10-9-17(13-27)21(26)12-19/h3-12,14,16H,15H2,1-2H3,(H,29,33). The number of rotatable bonds is 7. The van der Waals surface area contributed by atoms with Gasteiger partial charge in [-0.15, -0.1) is 10.2 Å². The smallest absolute Gasteiger partial charge is 0.234 e. The Morgan fingerprint density at radius 1 is 1.18 bits per heavy atom. The summed E-state index contributed by atoms with van der Waals surface area (Å²) in [6.45, 7) is 4.27. The molecule has 0 aliphatic heterocycles. The van der Waals surface area contributed by atoms with Crippen LogP contribution in [0.25, 0.3) is 17.1 Å². The van der Waals surface area contributed by atoms with E-state index < -0.39 is 0 Å². The highest BCUT2D eigenvalue weighted by Crippen LogP contribution is 2.32. The average Bonchev–Trinajstić information content (AvgIpc) is 3.27. The third kappa shape index (κ3) is 5.11. The van der Waals surface area contributed by atoms with Gasteiger partial charge in [0.25, 0.3) is 0 Å². The number of halogens is 1. The van der Waals surface area contributed by atoms with Crippen LogP contribution in [0.2, 0.25) is 5.02 Å². The van der Waals surface area contributed by atoms with E-state index in [-0.39, 0.29) is 17.6 Å². The molecule has 0 fully saturated rings. The molecule has 1 amide bonds. The molecule has 0 spiro atoms. The Morgan fingerprint density at radius 2 is 2.00 bits per heavy atom. The summed E-state index contributed by atoms with van der Waals surface area (Å²) in [4.78, 5) is 16.9. The second-order valence-corrected chi connectivity index (χ2v) is 9.09. The maximum Gasteiger partial charge on any atom is 0.234 e. The van der Waals surface area contributed by atoms with E-state index in [1.807, 2.05) is 41.0 Å². The number of nitrogens with zero attached hydrogens (tertiary/aromatic N) is 5. The van der Waals surface area contributed by atoms with Crippen molar-refractivity contribution >= 4 is 35.0 Å². The molecule has 2 aromatic carbocycles. The summed E-state index contributed by atoms with van der Waals surface area (Å²) in [5, 5.41) is 21.5. The lowest BCUT2D eigenvalue weighted by Gasteiger charge is -2.16. The predicted molar refractivity (Wildman–Crippen MR) is 134 cm³/mol. The van der Waals surface area contributed by atoms with Gasteiger partial charge in [-0.05, 0) is 47.9 Å². The lowest BCUT2D eigenvalue weighted by atomic mass is 10.0. The molecule has 0 saturated carbocycles. The van der Waals surface area contributed by atoms with Gasteiger partial charge in [0.2, 0.25) is 5.91 Å². The fourth-order valence-electron chi connectivity index (χ4n) is 3.45. The summed E-state index contributed by atoms with van der Waals surface area (Å²) in [5.74, 6) is 0.832. The molecule has 2 heterocycles. The topological polar surface area (TPSA) is 96.5 Å². The van der Waals surface area contributed by atoms with E-state index in [0.717, 1.165) is 16.8 Å². The molecule has 0 unspecified atom stereocenters. The fourth-order valence-corrected chi connectivity index (χ4v) is 4.42. The number of nitrogens with one attached hydrogen (secondary N) is 1. The SMILES string of the molecule is CC(C)c1ccccc1-n1c(SCC(=O)Nc2ccc(C#N)c(Cl)c2)nnc1-c1cccnc1. The zero-order chi connectivity index (χ0) is 24.1. The van der Waals surface area contributed by atoms with Gasteiger partial charge in [-0.25, -0.2) is 0 Å². The number of benzene rings is 2. The Labute approximate surface area is 206 Å². The zero-order valence-electron chi connectivity index (χ0n) is 18.6. The van der Waals surface area contributed by atoms with Crippen molar-refractivity contribution in [3.63, 3.8) is 0 Å². The van der Waals surface area contributed by atoms with Crippen LogP contribution >= 0.6 is 23.4 Å². The van der Waals surface area contributed by atoms with Gasteiger partial charge in [-0.1, -0.05) is 55.4 Å². The molecule has 2 aromatic heterocycles. The molecule has 0 radical (unpaired) electrons. The van der Waals surface area contributed by atoms with E-state index in [0.29, 0.717) is 27.3 Å². The first-order chi connectivity index (χ1) is 16.5. The highest BCUT2D eigenvalue weighted by Gasteiger charge is 2.20. The molecule has 4 rings (SSSR count). The first kappa shape index (κ1) is 23.5. The number of anilines is 1. The van der Waals surface area contributed by atoms with E-state index in [2.05, 4.69) is 40.4 Å². The third-order valence-electron chi connectivity index (χ3n) is 5.06. The number of pyridine rings is 1. The maximum absolute atomic E-state index is 12.6. The van der Waals surface area contributed by atoms with Gasteiger partial charge in [0.15, 0.2) is 11.0 Å². The molecular formula is C25H21ClN6OS. The molecule has 7 nitrogen and oxygen atoms in total. The molecule has 0 bridgehead atoms. The van der Waals surface area contributed by atoms with Crippen LogP contribution in [0.15, 0.2) is 72.1 Å². The lowest BCUT2D eigenvalue weighted by Crippen LogP contribution is -2.15. The van der Waals surface area contributed by atoms with Gasteiger partial charge in [0, 0.05) is 23.6 Å². The van der Waals surface area contributed by atoms with Crippen molar-refractivity contribution in [3.05, 3.63) is 83.1 Å². The molecule has 0 aliphatic carbocycles. The second-order valence-electron chi connectivity index (χ2n) is 7.74. The normalized spacial score (nSPS) is 10.8. The number of nitriles is 1. The average molecular weight is 489 g/mol. The summed E-state index contributed by atoms with van der Waals surface area (Å²) in [6.07, 6.45) is 3.45. The number of hydrogen-bond acceptors (Lipinski definition) is 6. The van der Waals surface area contributed by atoms with Crippen molar-refractivity contribution in [2.24, 2.45) is 0 Å². The van der Waals surface area contributed by atoms with E-state index in [4.69, 9.17) is 16.9 Å². The Hall–Kier alpha value is -3.67. The van der Waals surface area contributed by atoms with Crippen LogP contribution in [-0.4, -0.2) is 31.4 Å². The summed E-state index contributed by atoms with van der Waals surface area (Å²) >= 11 is 7.36. The van der Waals surface area contributed by atoms with Crippen LogP contribution < -0.4 is 5.32 Å². The maximum atomic E-state index is 12.6. The molecule has 9 heteroatoms. The van der Waals surface area contributed by atoms with Crippen LogP contribution in [0.1, 0.15) is 30.9 Å². The number of thioether (sulfide) groups is 1. The predicted octanol–water partition coefficient (Wildman–Crippen LogP) is 5.71. The van der Waals surface area contributed by atoms with Gasteiger partial charge < -0.3 is 5.32 Å². The summed E-state index contributed by atoms with van der Waals surface area (Å²) in [6, 6.07) is 18.7. The monoisotopic (exact) mass is 488 g/mol. The molecule has 0 atom stereocenters. The Kier molecular flexibility index (Phi) is 7.26. The third-order valence-corrected chi connectivity index (χ3v) is 6.30. The number of carbonyl (C=O) groups is 1. The number of carbonyl (C=O) groups excluding carboxylic acids is 1. The van der Waals surface area contributed by atoms with Crippen molar-refractivity contribution in [2.45, 2.75) is 24.9 Å². The summed E-state index contributed by atoms with van der Waals surface area (Å²) < 4.78 is 1.98. The van der Waals surface area contributed by atoms with Crippen LogP contribution in [0.4, 0.5) is 5.69 Å². The number of amides is 1. The number of aromatic nitrogens is 4. The van der Waals surface area contributed by atoms with Crippen molar-refractivity contribution < 1.29 is 4.79 Å². The number of para-hydroxylation sites is 1. The van der Waals surface area contributed by atoms with E-state index in [1.165, 1.54) is 11.8 Å². The molecule has 4 aromatic rings. The molecule has 0 aliphatic rings. The van der Waals surface area contributed by atoms with Crippen molar-refractivity contribution in [3.8, 4) is 23.1 Å². The second kappa shape index (κ2) is 10.5. The fraction of sp³-hybridized carbons (Fsp3) is 0.160. The van der Waals surface area contributed by atoms with E-state index in [9.17, 15) is 4.79 Å². The van der Waals surface area contributed by atoms with Gasteiger partial charge >= 0.3 is 0 Å². The molecular weight excluding hydrogens is 468 g/mol. The molecule has 0 saturated heterocycles. The summed E-state index contributed by atoms with van der Waals surface area (Å²) in [7, 11) is 0. The van der Waals surface area contributed by atoms with Gasteiger partial charge in [-0.2, -0.15) is 5.26 Å². The minimum Gasteiger partial charge on any atom is -0.325 e. The first-order valence-corrected chi connectivity index (χ1v) is 11.9. The Bertz CT molecular complexity index is 1360. The largest absolute Gasteiger partial charge is 0.325 e. The van der Waals surface area contributed by atoms with Gasteiger partial charge in [0.05, 0.1) is 22.0 Å². The Balaban J connectivity index is 1.63. The van der Waals surface area contributed by atoms with Crippen molar-refractivity contribution in [1.82, 2.24) is 19.7 Å². The van der Waals surface area contributed by atoms with Crippen LogP contribution in [-0.2, 0) is 4.79 Å². The zero-order valence-corrected chi connectivity index (χ0v) is 20.1. The lowest BCUT2D eigenvalue weighted by molar-refractivity contribution is -0.113. The van der Waals surface area contributed by atoms with Crippen LogP contribution in [0.5, 0.6) is 0 Å². The Morgan fingerprint density at radius 3 is 2.71 bits per heavy atom. The number of hydrogen-bond donors (Lipinski definition) is 1. The quantitative estimate of drug-likeness (QED) is 0.335. The van der Waals surface area contributed by atoms with E-state index >= 15 is 0 Å².